The quantitative estimate of drug-likeness (QED) is 0.0790. The maximum absolute atomic E-state index is 11.4. The lowest BCUT2D eigenvalue weighted by Crippen LogP contribution is -2.44. The van der Waals surface area contributed by atoms with Crippen molar-refractivity contribution in [2.75, 3.05) is 7.11 Å². The summed E-state index contributed by atoms with van der Waals surface area (Å²) in [5.74, 6) is 0.117. The molecular weight excluding hydrogens is 565 g/mol. The second-order valence-corrected chi connectivity index (χ2v) is 25.1. The lowest BCUT2D eigenvalue weighted by Gasteiger charge is -2.40. The smallest absolute Gasteiger partial charge is 0.305 e. The number of unbranched alkanes of at least 4 members (excludes halogenated alkanes) is 3. The van der Waals surface area contributed by atoms with E-state index in [1.807, 2.05) is 0 Å². The van der Waals surface area contributed by atoms with Crippen molar-refractivity contribution in [3.05, 3.63) is 59.2 Å². The number of carbonyl (C=O) groups is 1. The van der Waals surface area contributed by atoms with E-state index in [2.05, 4.69) is 117 Å². The molecule has 0 saturated heterocycles. The fraction of sp³-hybridized carbons (Fsp3) is 0.703. The molecule has 0 bridgehead atoms. The minimum Gasteiger partial charge on any atom is -0.469 e. The van der Waals surface area contributed by atoms with Gasteiger partial charge in [0.25, 0.3) is 0 Å². The number of ether oxygens (including phenoxy) is 1. The van der Waals surface area contributed by atoms with E-state index in [9.17, 15) is 4.79 Å². The first-order valence-electron chi connectivity index (χ1n) is 16.8. The van der Waals surface area contributed by atoms with Crippen LogP contribution in [0.1, 0.15) is 129 Å². The Kier molecular flexibility index (Phi) is 14.2. The summed E-state index contributed by atoms with van der Waals surface area (Å²) in [6.45, 7) is 25.7. The molecule has 3 atom stereocenters. The molecular formula is C37H64O4Si2. The summed E-state index contributed by atoms with van der Waals surface area (Å²) in [5.41, 5.74) is 4.09. The highest BCUT2D eigenvalue weighted by Crippen LogP contribution is 2.46. The molecule has 0 fully saturated rings. The van der Waals surface area contributed by atoms with E-state index in [1.54, 1.807) is 0 Å². The van der Waals surface area contributed by atoms with Gasteiger partial charge in [-0.05, 0) is 79.5 Å². The van der Waals surface area contributed by atoms with Crippen LogP contribution in [0.4, 0.5) is 0 Å². The van der Waals surface area contributed by atoms with Gasteiger partial charge < -0.3 is 13.6 Å². The number of allylic oxidation sites excluding steroid dienone is 2. The second-order valence-electron chi connectivity index (χ2n) is 15.6. The maximum Gasteiger partial charge on any atom is 0.305 e. The Labute approximate surface area is 267 Å². The van der Waals surface area contributed by atoms with E-state index < -0.39 is 16.6 Å². The zero-order valence-corrected chi connectivity index (χ0v) is 31.8. The third-order valence-electron chi connectivity index (χ3n) is 10.1. The van der Waals surface area contributed by atoms with Crippen molar-refractivity contribution in [1.82, 2.24) is 0 Å². The summed E-state index contributed by atoms with van der Waals surface area (Å²) in [4.78, 5) is 11.4. The number of carbonyl (C=O) groups excluding carboxylic acids is 1. The van der Waals surface area contributed by atoms with Crippen LogP contribution in [0.25, 0.3) is 0 Å². The van der Waals surface area contributed by atoms with Crippen LogP contribution in [0.5, 0.6) is 0 Å². The third-order valence-corrected chi connectivity index (χ3v) is 19.1. The lowest BCUT2D eigenvalue weighted by molar-refractivity contribution is -0.140. The number of hydrogen-bond donors (Lipinski definition) is 0. The summed E-state index contributed by atoms with van der Waals surface area (Å²) in [7, 11) is -2.40. The van der Waals surface area contributed by atoms with Gasteiger partial charge in [0.1, 0.15) is 0 Å². The van der Waals surface area contributed by atoms with Gasteiger partial charge in [-0.15, -0.1) is 0 Å². The summed E-state index contributed by atoms with van der Waals surface area (Å²) >= 11 is 0. The molecule has 1 aromatic carbocycles. The summed E-state index contributed by atoms with van der Waals surface area (Å²) < 4.78 is 18.9. The van der Waals surface area contributed by atoms with Crippen LogP contribution in [0.2, 0.25) is 36.3 Å². The van der Waals surface area contributed by atoms with Gasteiger partial charge in [-0.2, -0.15) is 0 Å². The zero-order chi connectivity index (χ0) is 32.5. The Bertz CT molecular complexity index is 1060. The molecule has 1 aromatic rings. The highest BCUT2D eigenvalue weighted by molar-refractivity contribution is 6.74. The minimum absolute atomic E-state index is 0.136. The van der Waals surface area contributed by atoms with E-state index in [0.717, 1.165) is 32.1 Å². The first-order valence-corrected chi connectivity index (χ1v) is 22.6. The van der Waals surface area contributed by atoms with Crippen LogP contribution < -0.4 is 0 Å². The summed E-state index contributed by atoms with van der Waals surface area (Å²) in [6.07, 6.45) is 16.0. The average Bonchev–Trinajstić information content (AvgIpc) is 3.30. The molecule has 0 N–H and O–H groups in total. The van der Waals surface area contributed by atoms with Crippen molar-refractivity contribution in [2.45, 2.75) is 161 Å². The van der Waals surface area contributed by atoms with Gasteiger partial charge in [-0.3, -0.25) is 4.79 Å². The van der Waals surface area contributed by atoms with Crippen LogP contribution in [0.15, 0.2) is 48.1 Å². The molecule has 0 spiro atoms. The van der Waals surface area contributed by atoms with Gasteiger partial charge in [0, 0.05) is 12.3 Å². The first kappa shape index (κ1) is 37.7. The number of rotatable bonds is 16. The van der Waals surface area contributed by atoms with Crippen molar-refractivity contribution in [3.8, 4) is 0 Å². The Morgan fingerprint density at radius 3 is 2.12 bits per heavy atom. The first-order chi connectivity index (χ1) is 19.9. The number of methoxy groups -OCH3 is 1. The molecule has 4 nitrogen and oxygen atoms in total. The van der Waals surface area contributed by atoms with E-state index in [0.29, 0.717) is 6.42 Å². The normalized spacial score (nSPS) is 19.1. The maximum atomic E-state index is 11.4. The molecule has 0 saturated carbocycles. The van der Waals surface area contributed by atoms with Crippen LogP contribution >= 0.6 is 0 Å². The van der Waals surface area contributed by atoms with Crippen LogP contribution in [0, 0.1) is 0 Å². The molecule has 0 aromatic heterocycles. The van der Waals surface area contributed by atoms with Gasteiger partial charge in [0.2, 0.25) is 0 Å². The van der Waals surface area contributed by atoms with Gasteiger partial charge >= 0.3 is 5.97 Å². The summed E-state index contributed by atoms with van der Waals surface area (Å²) in [6, 6.07) is 9.37. The van der Waals surface area contributed by atoms with Gasteiger partial charge in [0.15, 0.2) is 16.6 Å². The molecule has 6 heteroatoms. The molecule has 43 heavy (non-hydrogen) atoms. The standard InChI is InChI=1S/C37H64O4Si2/c1-13-14-17-21-32(40-42(9,10)36(2,3)4)29-23-25-31(26-24-29)35-30(20-18-15-16-19-22-34(38)39-8)27-28-33(35)41-43(11,12)37(5,6)7/h15,18,23-27,32-33,35H,13-14,16-17,19-22,28H2,1-12H3/b18-15-/t32?,33-,35-/m0/s1. The Morgan fingerprint density at radius 2 is 1.56 bits per heavy atom. The Balaban J connectivity index is 2.32. The van der Waals surface area contributed by atoms with Crippen molar-refractivity contribution in [3.63, 3.8) is 0 Å². The molecule has 244 valence electrons. The van der Waals surface area contributed by atoms with Crippen LogP contribution in [-0.4, -0.2) is 35.8 Å². The van der Waals surface area contributed by atoms with Crippen molar-refractivity contribution >= 4 is 22.6 Å². The van der Waals surface area contributed by atoms with Gasteiger partial charge in [0.05, 0.1) is 19.3 Å². The molecule has 0 aliphatic heterocycles. The van der Waals surface area contributed by atoms with E-state index in [-0.39, 0.29) is 34.2 Å². The topological polar surface area (TPSA) is 44.8 Å². The number of esters is 1. The summed E-state index contributed by atoms with van der Waals surface area (Å²) in [5, 5.41) is 0.344. The van der Waals surface area contributed by atoms with E-state index in [4.69, 9.17) is 13.6 Å². The Hall–Kier alpha value is -1.48. The van der Waals surface area contributed by atoms with Crippen molar-refractivity contribution in [1.29, 1.82) is 0 Å². The highest BCUT2D eigenvalue weighted by Gasteiger charge is 2.43. The molecule has 1 aliphatic rings. The largest absolute Gasteiger partial charge is 0.469 e. The zero-order valence-electron chi connectivity index (χ0n) is 29.8. The van der Waals surface area contributed by atoms with Crippen molar-refractivity contribution in [2.24, 2.45) is 0 Å². The van der Waals surface area contributed by atoms with Crippen LogP contribution in [0.3, 0.4) is 0 Å². The lowest BCUT2D eigenvalue weighted by atomic mass is 9.88. The molecule has 0 amide bonds. The fourth-order valence-electron chi connectivity index (χ4n) is 5.21. The highest BCUT2D eigenvalue weighted by atomic mass is 28.4. The van der Waals surface area contributed by atoms with Crippen molar-refractivity contribution < 1.29 is 18.4 Å². The van der Waals surface area contributed by atoms with Gasteiger partial charge in [-0.1, -0.05) is 116 Å². The van der Waals surface area contributed by atoms with Gasteiger partial charge in [-0.25, -0.2) is 0 Å². The predicted molar refractivity (Wildman–Crippen MR) is 189 cm³/mol. The monoisotopic (exact) mass is 628 g/mol. The number of hydrogen-bond acceptors (Lipinski definition) is 4. The fourth-order valence-corrected chi connectivity index (χ4v) is 7.87. The SMILES string of the molecule is CCCCCC(O[Si](C)(C)C(C)(C)C)c1ccc([C@@H]2C(C/C=C\CCCC(=O)OC)=CC[C@@H]2O[Si](C)(C)C(C)(C)C)cc1. The average molecular weight is 629 g/mol. The molecule has 1 aliphatic carbocycles. The van der Waals surface area contributed by atoms with E-state index >= 15 is 0 Å². The number of benzene rings is 1. The predicted octanol–water partition coefficient (Wildman–Crippen LogP) is 11.4. The molecule has 0 heterocycles. The van der Waals surface area contributed by atoms with E-state index in [1.165, 1.54) is 43.1 Å². The van der Waals surface area contributed by atoms with Crippen LogP contribution in [-0.2, 0) is 18.4 Å². The minimum atomic E-state index is -1.94. The third kappa shape index (κ3) is 11.1. The molecule has 0 radical (unpaired) electrons. The molecule has 2 rings (SSSR count). The molecule has 1 unspecified atom stereocenters. The Morgan fingerprint density at radius 1 is 0.930 bits per heavy atom. The second kappa shape index (κ2) is 16.2.